The molecule has 0 radical (unpaired) electrons. The molecule has 0 aliphatic carbocycles. The Morgan fingerprint density at radius 3 is 2.95 bits per heavy atom. The van der Waals surface area contributed by atoms with E-state index in [-0.39, 0.29) is 11.7 Å². The maximum Gasteiger partial charge on any atom is 0.297 e. The number of para-hydroxylation sites is 1. The van der Waals surface area contributed by atoms with Crippen molar-refractivity contribution in [3.8, 4) is 0 Å². The fourth-order valence-corrected chi connectivity index (χ4v) is 2.61. The number of rotatable bonds is 1. The Morgan fingerprint density at radius 1 is 1.37 bits per heavy atom. The van der Waals surface area contributed by atoms with E-state index in [1.807, 2.05) is 19.1 Å². The van der Waals surface area contributed by atoms with Crippen LogP contribution in [0.2, 0.25) is 0 Å². The first-order valence-electron chi connectivity index (χ1n) is 6.46. The quantitative estimate of drug-likeness (QED) is 0.849. The van der Waals surface area contributed by atoms with E-state index in [2.05, 4.69) is 21.2 Å². The number of nitrogens with one attached hydrogen (secondary N) is 1. The van der Waals surface area contributed by atoms with Gasteiger partial charge in [0.15, 0.2) is 0 Å². The molecule has 1 N–H and O–H groups in total. The van der Waals surface area contributed by atoms with Crippen LogP contribution < -0.4 is 4.90 Å². The minimum absolute atomic E-state index is 0.125. The number of carbonyl (C=O) groups excluding carboxylic acids is 1. The average Bonchev–Trinajstić information content (AvgIpc) is 2.84. The van der Waals surface area contributed by atoms with Crippen molar-refractivity contribution in [2.45, 2.75) is 26.7 Å². The number of amides is 1. The highest BCUT2D eigenvalue weighted by molar-refractivity contribution is 6.04. The van der Waals surface area contributed by atoms with Crippen LogP contribution in [0.4, 0.5) is 5.69 Å². The van der Waals surface area contributed by atoms with Crippen molar-refractivity contribution in [1.29, 1.82) is 0 Å². The Bertz CT molecular complexity index is 632. The van der Waals surface area contributed by atoms with Gasteiger partial charge in [-0.15, -0.1) is 5.10 Å². The summed E-state index contributed by atoms with van der Waals surface area (Å²) >= 11 is 0. The van der Waals surface area contributed by atoms with E-state index in [1.165, 1.54) is 5.56 Å². The highest BCUT2D eigenvalue weighted by atomic mass is 16.2. The predicted octanol–water partition coefficient (Wildman–Crippen LogP) is 2.01. The van der Waals surface area contributed by atoms with Crippen LogP contribution in [-0.4, -0.2) is 27.6 Å². The third-order valence-corrected chi connectivity index (χ3v) is 3.45. The number of aromatic nitrogens is 3. The second-order valence-corrected chi connectivity index (χ2v) is 4.89. The van der Waals surface area contributed by atoms with Crippen LogP contribution in [0, 0.1) is 13.8 Å². The summed E-state index contributed by atoms with van der Waals surface area (Å²) in [5, 5.41) is 6.68. The van der Waals surface area contributed by atoms with Gasteiger partial charge in [-0.25, -0.2) is 4.98 Å². The Kier molecular flexibility index (Phi) is 2.81. The summed E-state index contributed by atoms with van der Waals surface area (Å²) in [7, 11) is 0. The summed E-state index contributed by atoms with van der Waals surface area (Å²) in [5.74, 6) is 0.776. The zero-order chi connectivity index (χ0) is 13.4. The average molecular weight is 256 g/mol. The molecule has 19 heavy (non-hydrogen) atoms. The zero-order valence-electron chi connectivity index (χ0n) is 11.1. The van der Waals surface area contributed by atoms with Gasteiger partial charge < -0.3 is 4.90 Å². The third-order valence-electron chi connectivity index (χ3n) is 3.45. The molecule has 1 aliphatic rings. The summed E-state index contributed by atoms with van der Waals surface area (Å²) in [6.45, 7) is 4.55. The van der Waals surface area contributed by atoms with Crippen LogP contribution in [0.5, 0.6) is 0 Å². The maximum absolute atomic E-state index is 12.5. The Balaban J connectivity index is 2.02. The lowest BCUT2D eigenvalue weighted by Gasteiger charge is -2.30. The second-order valence-electron chi connectivity index (χ2n) is 4.89. The van der Waals surface area contributed by atoms with E-state index in [0.717, 1.165) is 30.6 Å². The van der Waals surface area contributed by atoms with Gasteiger partial charge in [0.05, 0.1) is 5.69 Å². The fraction of sp³-hybridized carbons (Fsp3) is 0.357. The van der Waals surface area contributed by atoms with Gasteiger partial charge in [0, 0.05) is 6.54 Å². The fourth-order valence-electron chi connectivity index (χ4n) is 2.61. The number of anilines is 1. The highest BCUT2D eigenvalue weighted by Crippen LogP contribution is 2.31. The Labute approximate surface area is 111 Å². The molecule has 0 saturated carbocycles. The van der Waals surface area contributed by atoms with Crippen molar-refractivity contribution in [3.05, 3.63) is 41.0 Å². The van der Waals surface area contributed by atoms with Gasteiger partial charge in [-0.2, -0.15) is 0 Å². The minimum Gasteiger partial charge on any atom is -0.305 e. The van der Waals surface area contributed by atoms with E-state index >= 15 is 0 Å². The lowest BCUT2D eigenvalue weighted by atomic mass is 9.98. The molecule has 1 amide bonds. The van der Waals surface area contributed by atoms with Crippen LogP contribution in [0.1, 0.15) is 34.0 Å². The first-order chi connectivity index (χ1) is 9.16. The molecule has 0 spiro atoms. The standard InChI is InChI=1S/C14H16N4O/c1-9-5-3-6-11-7-4-8-18(12(9)11)14(19)13-15-10(2)16-17-13/h3,5-6H,4,7-8H2,1-2H3,(H,15,16,17). The van der Waals surface area contributed by atoms with Gasteiger partial charge in [0.25, 0.3) is 5.91 Å². The van der Waals surface area contributed by atoms with E-state index in [4.69, 9.17) is 0 Å². The molecule has 1 aromatic carbocycles. The smallest absolute Gasteiger partial charge is 0.297 e. The van der Waals surface area contributed by atoms with E-state index in [0.29, 0.717) is 5.82 Å². The van der Waals surface area contributed by atoms with Crippen LogP contribution in [0.15, 0.2) is 18.2 Å². The number of H-pyrrole nitrogens is 1. The molecule has 98 valence electrons. The largest absolute Gasteiger partial charge is 0.305 e. The number of aryl methyl sites for hydroxylation is 3. The minimum atomic E-state index is -0.125. The summed E-state index contributed by atoms with van der Waals surface area (Å²) < 4.78 is 0. The summed E-state index contributed by atoms with van der Waals surface area (Å²) in [6.07, 6.45) is 2.00. The molecule has 1 aromatic heterocycles. The molecule has 0 atom stereocenters. The number of benzene rings is 1. The van der Waals surface area contributed by atoms with Gasteiger partial charge in [-0.3, -0.25) is 9.89 Å². The number of carbonyl (C=O) groups is 1. The second kappa shape index (κ2) is 4.50. The first-order valence-corrected chi connectivity index (χ1v) is 6.46. The molecule has 0 unspecified atom stereocenters. The lowest BCUT2D eigenvalue weighted by Crippen LogP contribution is -2.36. The van der Waals surface area contributed by atoms with Gasteiger partial charge in [0.1, 0.15) is 5.82 Å². The Morgan fingerprint density at radius 2 is 2.21 bits per heavy atom. The molecule has 5 nitrogen and oxygen atoms in total. The zero-order valence-corrected chi connectivity index (χ0v) is 11.1. The van der Waals surface area contributed by atoms with Gasteiger partial charge in [0.2, 0.25) is 5.82 Å². The van der Waals surface area contributed by atoms with Crippen molar-refractivity contribution in [2.24, 2.45) is 0 Å². The van der Waals surface area contributed by atoms with Crippen molar-refractivity contribution in [2.75, 3.05) is 11.4 Å². The van der Waals surface area contributed by atoms with Crippen molar-refractivity contribution >= 4 is 11.6 Å². The van der Waals surface area contributed by atoms with E-state index < -0.39 is 0 Å². The van der Waals surface area contributed by atoms with E-state index in [1.54, 1.807) is 11.8 Å². The van der Waals surface area contributed by atoms with Crippen molar-refractivity contribution < 1.29 is 4.79 Å². The Hall–Kier alpha value is -2.17. The molecule has 0 bridgehead atoms. The molecular weight excluding hydrogens is 240 g/mol. The van der Waals surface area contributed by atoms with Crippen LogP contribution >= 0.6 is 0 Å². The topological polar surface area (TPSA) is 61.9 Å². The SMILES string of the molecule is Cc1nc(C(=O)N2CCCc3cccc(C)c32)n[nH]1. The van der Waals surface area contributed by atoms with Crippen molar-refractivity contribution in [3.63, 3.8) is 0 Å². The summed E-state index contributed by atoms with van der Waals surface area (Å²) in [5.41, 5.74) is 3.38. The molecule has 3 rings (SSSR count). The summed E-state index contributed by atoms with van der Waals surface area (Å²) in [4.78, 5) is 18.4. The predicted molar refractivity (Wildman–Crippen MR) is 72.3 cm³/mol. The lowest BCUT2D eigenvalue weighted by molar-refractivity contribution is 0.0975. The number of fused-ring (bicyclic) bond motifs is 1. The van der Waals surface area contributed by atoms with Gasteiger partial charge >= 0.3 is 0 Å². The third kappa shape index (κ3) is 2.01. The number of nitrogens with zero attached hydrogens (tertiary/aromatic N) is 3. The number of hydrogen-bond donors (Lipinski definition) is 1. The van der Waals surface area contributed by atoms with Gasteiger partial charge in [-0.1, -0.05) is 18.2 Å². The van der Waals surface area contributed by atoms with Crippen LogP contribution in [0.25, 0.3) is 0 Å². The molecule has 1 aliphatic heterocycles. The van der Waals surface area contributed by atoms with Crippen LogP contribution in [-0.2, 0) is 6.42 Å². The number of hydrogen-bond acceptors (Lipinski definition) is 3. The van der Waals surface area contributed by atoms with Gasteiger partial charge in [-0.05, 0) is 37.8 Å². The van der Waals surface area contributed by atoms with Crippen LogP contribution in [0.3, 0.4) is 0 Å². The molecule has 2 aromatic rings. The molecule has 0 saturated heterocycles. The van der Waals surface area contributed by atoms with Crippen molar-refractivity contribution in [1.82, 2.24) is 15.2 Å². The molecule has 2 heterocycles. The maximum atomic E-state index is 12.5. The normalized spacial score (nSPS) is 14.3. The molecule has 0 fully saturated rings. The van der Waals surface area contributed by atoms with E-state index in [9.17, 15) is 4.79 Å². The first kappa shape index (κ1) is 11.9. The number of aromatic amines is 1. The monoisotopic (exact) mass is 256 g/mol. The highest BCUT2D eigenvalue weighted by Gasteiger charge is 2.27. The molecular formula is C14H16N4O. The molecule has 5 heteroatoms. The summed E-state index contributed by atoms with van der Waals surface area (Å²) in [6, 6.07) is 6.16.